The maximum absolute atomic E-state index is 9.00. The lowest BCUT2D eigenvalue weighted by Gasteiger charge is -2.16. The van der Waals surface area contributed by atoms with Crippen LogP contribution in [-0.2, 0) is 0 Å². The summed E-state index contributed by atoms with van der Waals surface area (Å²) in [7, 11) is 0. The molecule has 0 bridgehead atoms. The number of aromatic nitrogens is 2. The average molecular weight is 256 g/mol. The molecular weight excluding hydrogens is 238 g/mol. The highest BCUT2D eigenvalue weighted by molar-refractivity contribution is 6.30. The summed E-state index contributed by atoms with van der Waals surface area (Å²) in [4.78, 5) is 0. The molecule has 0 saturated heterocycles. The fourth-order valence-corrected chi connectivity index (χ4v) is 2.12. The van der Waals surface area contributed by atoms with Crippen molar-refractivity contribution in [1.29, 1.82) is 0 Å². The molecule has 5 heteroatoms. The van der Waals surface area contributed by atoms with Gasteiger partial charge in [-0.25, -0.2) is 0 Å². The van der Waals surface area contributed by atoms with Crippen LogP contribution in [0.15, 0.2) is 0 Å². The monoisotopic (exact) mass is 255 g/mol. The minimum Gasteiger partial charge on any atom is -0.396 e. The first-order valence-electron chi connectivity index (χ1n) is 5.92. The lowest BCUT2D eigenvalue weighted by Crippen LogP contribution is -2.18. The molecule has 1 fully saturated rings. The predicted molar refractivity (Wildman–Crippen MR) is 68.4 cm³/mol. The van der Waals surface area contributed by atoms with Crippen molar-refractivity contribution in [3.05, 3.63) is 16.3 Å². The van der Waals surface area contributed by atoms with Gasteiger partial charge in [-0.2, -0.15) is 0 Å². The minimum atomic E-state index is 0.256. The van der Waals surface area contributed by atoms with Crippen LogP contribution in [-0.4, -0.2) is 28.5 Å². The number of rotatable bonds is 5. The Morgan fingerprint density at radius 2 is 2.00 bits per heavy atom. The van der Waals surface area contributed by atoms with E-state index < -0.39 is 0 Å². The highest BCUT2D eigenvalue weighted by Gasteiger charge is 2.41. The fraction of sp³-hybridized carbons (Fsp3) is 0.667. The molecule has 2 rings (SSSR count). The van der Waals surface area contributed by atoms with Gasteiger partial charge in [0.2, 0.25) is 0 Å². The number of hydrogen-bond donors (Lipinski definition) is 2. The SMILES string of the molecule is Cc1c(Cl)nnc(NCC2(CCO)CC2)c1C. The molecule has 0 unspecified atom stereocenters. The van der Waals surface area contributed by atoms with E-state index in [2.05, 4.69) is 15.5 Å². The summed E-state index contributed by atoms with van der Waals surface area (Å²) in [6, 6.07) is 0. The molecule has 0 aromatic carbocycles. The summed E-state index contributed by atoms with van der Waals surface area (Å²) >= 11 is 5.90. The summed E-state index contributed by atoms with van der Waals surface area (Å²) in [5, 5.41) is 20.8. The molecule has 1 aliphatic carbocycles. The van der Waals surface area contributed by atoms with Crippen LogP contribution in [0.1, 0.15) is 30.4 Å². The van der Waals surface area contributed by atoms with Crippen LogP contribution < -0.4 is 5.32 Å². The molecule has 1 aromatic heterocycles. The Bertz CT molecular complexity index is 418. The van der Waals surface area contributed by atoms with Crippen molar-refractivity contribution in [2.75, 3.05) is 18.5 Å². The van der Waals surface area contributed by atoms with Crippen molar-refractivity contribution in [3.63, 3.8) is 0 Å². The van der Waals surface area contributed by atoms with Crippen molar-refractivity contribution < 1.29 is 5.11 Å². The molecule has 0 amide bonds. The average Bonchev–Trinajstić information content (AvgIpc) is 3.06. The molecule has 0 aliphatic heterocycles. The Balaban J connectivity index is 2.02. The van der Waals surface area contributed by atoms with Crippen molar-refractivity contribution >= 4 is 17.4 Å². The minimum absolute atomic E-state index is 0.256. The fourth-order valence-electron chi connectivity index (χ4n) is 1.94. The van der Waals surface area contributed by atoms with Gasteiger partial charge in [0, 0.05) is 13.2 Å². The van der Waals surface area contributed by atoms with E-state index >= 15 is 0 Å². The van der Waals surface area contributed by atoms with Crippen LogP contribution in [0.4, 0.5) is 5.82 Å². The van der Waals surface area contributed by atoms with Crippen LogP contribution in [0.2, 0.25) is 5.15 Å². The Labute approximate surface area is 106 Å². The van der Waals surface area contributed by atoms with E-state index in [4.69, 9.17) is 16.7 Å². The van der Waals surface area contributed by atoms with Gasteiger partial charge < -0.3 is 10.4 Å². The molecule has 1 aliphatic rings. The molecule has 17 heavy (non-hydrogen) atoms. The quantitative estimate of drug-likeness (QED) is 0.848. The molecule has 1 aromatic rings. The third kappa shape index (κ3) is 2.69. The summed E-state index contributed by atoms with van der Waals surface area (Å²) in [6.07, 6.45) is 3.22. The van der Waals surface area contributed by atoms with E-state index in [9.17, 15) is 0 Å². The number of nitrogens with one attached hydrogen (secondary N) is 1. The first-order valence-corrected chi connectivity index (χ1v) is 6.30. The number of hydrogen-bond acceptors (Lipinski definition) is 4. The second kappa shape index (κ2) is 4.78. The maximum Gasteiger partial charge on any atom is 0.155 e. The lowest BCUT2D eigenvalue weighted by molar-refractivity contribution is 0.253. The highest BCUT2D eigenvalue weighted by Crippen LogP contribution is 2.48. The van der Waals surface area contributed by atoms with Gasteiger partial charge in [-0.15, -0.1) is 10.2 Å². The number of aliphatic hydroxyl groups excluding tert-OH is 1. The van der Waals surface area contributed by atoms with Gasteiger partial charge in [0.15, 0.2) is 11.0 Å². The van der Waals surface area contributed by atoms with Crippen molar-refractivity contribution in [2.45, 2.75) is 33.1 Å². The number of nitrogens with zero attached hydrogens (tertiary/aromatic N) is 2. The van der Waals surface area contributed by atoms with Gasteiger partial charge in [0.05, 0.1) is 0 Å². The Hall–Kier alpha value is -0.870. The van der Waals surface area contributed by atoms with E-state index in [0.29, 0.717) is 5.15 Å². The molecule has 4 nitrogen and oxygen atoms in total. The molecule has 1 saturated carbocycles. The van der Waals surface area contributed by atoms with Crippen LogP contribution in [0.5, 0.6) is 0 Å². The highest BCUT2D eigenvalue weighted by atomic mass is 35.5. The van der Waals surface area contributed by atoms with E-state index in [1.165, 1.54) is 12.8 Å². The van der Waals surface area contributed by atoms with Crippen LogP contribution in [0.3, 0.4) is 0 Å². The van der Waals surface area contributed by atoms with E-state index in [-0.39, 0.29) is 12.0 Å². The molecule has 0 radical (unpaired) electrons. The Kier molecular flexibility index (Phi) is 3.54. The first-order chi connectivity index (χ1) is 8.08. The van der Waals surface area contributed by atoms with Crippen LogP contribution in [0, 0.1) is 19.3 Å². The molecule has 0 spiro atoms. The second-order valence-electron chi connectivity index (χ2n) is 4.92. The zero-order chi connectivity index (χ0) is 12.5. The first kappa shape index (κ1) is 12.6. The molecule has 2 N–H and O–H groups in total. The molecule has 1 heterocycles. The van der Waals surface area contributed by atoms with E-state index in [1.54, 1.807) is 0 Å². The van der Waals surface area contributed by atoms with Gasteiger partial charge in [0.25, 0.3) is 0 Å². The smallest absolute Gasteiger partial charge is 0.155 e. The summed E-state index contributed by atoms with van der Waals surface area (Å²) in [5.74, 6) is 0.802. The normalized spacial score (nSPS) is 16.9. The van der Waals surface area contributed by atoms with E-state index in [1.807, 2.05) is 13.8 Å². The Morgan fingerprint density at radius 1 is 1.29 bits per heavy atom. The predicted octanol–water partition coefficient (Wildman–Crippen LogP) is 2.32. The number of aliphatic hydroxyl groups is 1. The third-order valence-corrected chi connectivity index (χ3v) is 4.05. The van der Waals surface area contributed by atoms with Gasteiger partial charge in [0.1, 0.15) is 0 Å². The second-order valence-corrected chi connectivity index (χ2v) is 5.27. The van der Waals surface area contributed by atoms with Gasteiger partial charge in [-0.3, -0.25) is 0 Å². The van der Waals surface area contributed by atoms with Crippen molar-refractivity contribution in [3.8, 4) is 0 Å². The van der Waals surface area contributed by atoms with Crippen LogP contribution in [0.25, 0.3) is 0 Å². The zero-order valence-electron chi connectivity index (χ0n) is 10.3. The molecular formula is C12H18ClN3O. The van der Waals surface area contributed by atoms with Gasteiger partial charge in [-0.1, -0.05) is 11.6 Å². The third-order valence-electron chi connectivity index (χ3n) is 3.70. The molecule has 0 atom stereocenters. The van der Waals surface area contributed by atoms with Crippen molar-refractivity contribution in [2.24, 2.45) is 5.41 Å². The van der Waals surface area contributed by atoms with Gasteiger partial charge in [-0.05, 0) is 49.7 Å². The number of halogens is 1. The standard InChI is InChI=1S/C12H18ClN3O/c1-8-9(2)11(16-15-10(8)13)14-7-12(3-4-12)5-6-17/h17H,3-7H2,1-2H3,(H,14,16). The maximum atomic E-state index is 9.00. The van der Waals surface area contributed by atoms with Crippen molar-refractivity contribution in [1.82, 2.24) is 10.2 Å². The largest absolute Gasteiger partial charge is 0.396 e. The molecule has 94 valence electrons. The zero-order valence-corrected chi connectivity index (χ0v) is 11.0. The summed E-state index contributed by atoms with van der Waals surface area (Å²) < 4.78 is 0. The lowest BCUT2D eigenvalue weighted by atomic mass is 10.0. The topological polar surface area (TPSA) is 58.0 Å². The summed E-state index contributed by atoms with van der Waals surface area (Å²) in [5.41, 5.74) is 2.29. The summed E-state index contributed by atoms with van der Waals surface area (Å²) in [6.45, 7) is 5.04. The van der Waals surface area contributed by atoms with Crippen LogP contribution >= 0.6 is 11.6 Å². The van der Waals surface area contributed by atoms with E-state index in [0.717, 1.165) is 29.9 Å². The van der Waals surface area contributed by atoms with Gasteiger partial charge >= 0.3 is 0 Å². The Morgan fingerprint density at radius 3 is 2.59 bits per heavy atom. The number of anilines is 1.